The van der Waals surface area contributed by atoms with Crippen LogP contribution < -0.4 is 0 Å². The third-order valence-corrected chi connectivity index (χ3v) is 2.19. The molecule has 0 aromatic rings. The summed E-state index contributed by atoms with van der Waals surface area (Å²) in [6.45, 7) is 12.0. The third kappa shape index (κ3) is 23.6. The van der Waals surface area contributed by atoms with E-state index in [1.54, 1.807) is 0 Å². The first-order chi connectivity index (χ1) is 7.83. The van der Waals surface area contributed by atoms with Crippen molar-refractivity contribution in [1.29, 1.82) is 0 Å². The Morgan fingerprint density at radius 3 is 1.25 bits per heavy atom. The Bertz CT molecular complexity index is 84.7. The summed E-state index contributed by atoms with van der Waals surface area (Å²) in [6.07, 6.45) is 7.68. The van der Waals surface area contributed by atoms with E-state index in [0.29, 0.717) is 0 Å². The van der Waals surface area contributed by atoms with Crippen LogP contribution in [0.5, 0.6) is 0 Å². The molecule has 0 rings (SSSR count). The normalized spacial score (nSPS) is 9.75. The molecule has 0 aromatic carbocycles. The van der Waals surface area contributed by atoms with Crippen LogP contribution in [-0.4, -0.2) is 26.4 Å². The lowest BCUT2D eigenvalue weighted by Crippen LogP contribution is -1.96. The van der Waals surface area contributed by atoms with Crippen LogP contribution in [0.15, 0.2) is 0 Å². The maximum Gasteiger partial charge on any atom is 0.0466 e. The molecule has 0 saturated carbocycles. The quantitative estimate of drug-likeness (QED) is 0.519. The highest BCUT2D eigenvalue weighted by atomic mass is 16.5. The van der Waals surface area contributed by atoms with E-state index in [0.717, 1.165) is 26.4 Å². The minimum absolute atomic E-state index is 0.844. The average Bonchev–Trinajstić information content (AvgIpc) is 2.30. The van der Waals surface area contributed by atoms with Gasteiger partial charge in [-0.2, -0.15) is 0 Å². The van der Waals surface area contributed by atoms with Gasteiger partial charge in [0.1, 0.15) is 0 Å². The summed E-state index contributed by atoms with van der Waals surface area (Å²) >= 11 is 0. The van der Waals surface area contributed by atoms with Gasteiger partial charge >= 0.3 is 0 Å². The fourth-order valence-electron chi connectivity index (χ4n) is 1.21. The van der Waals surface area contributed by atoms with Gasteiger partial charge in [0.05, 0.1) is 0 Å². The molecular weight excluding hydrogens is 200 g/mol. The molecule has 0 fully saturated rings. The minimum Gasteiger partial charge on any atom is -0.382 e. The standard InChI is InChI=1S/C10H22O.C4H10O/c1-3-5-7-9-11-10-8-6-4-2;1-3-5-4-2/h3-10H2,1-2H3;3-4H2,1-2H3. The van der Waals surface area contributed by atoms with Gasteiger partial charge in [-0.1, -0.05) is 39.5 Å². The summed E-state index contributed by atoms with van der Waals surface area (Å²) in [5, 5.41) is 0. The van der Waals surface area contributed by atoms with Crippen LogP contribution in [0, 0.1) is 0 Å². The number of unbranched alkanes of at least 4 members (excludes halogenated alkanes) is 4. The average molecular weight is 232 g/mol. The Balaban J connectivity index is 0. The third-order valence-electron chi connectivity index (χ3n) is 2.19. The summed E-state index contributed by atoms with van der Waals surface area (Å²) in [5.41, 5.74) is 0. The number of hydrogen-bond donors (Lipinski definition) is 0. The zero-order chi connectivity index (χ0) is 12.5. The van der Waals surface area contributed by atoms with Crippen molar-refractivity contribution >= 4 is 0 Å². The number of hydrogen-bond acceptors (Lipinski definition) is 2. The molecule has 0 heterocycles. The monoisotopic (exact) mass is 232 g/mol. The highest BCUT2D eigenvalue weighted by molar-refractivity contribution is 4.38. The summed E-state index contributed by atoms with van der Waals surface area (Å²) in [5.74, 6) is 0. The van der Waals surface area contributed by atoms with Gasteiger partial charge in [0.2, 0.25) is 0 Å². The van der Waals surface area contributed by atoms with Crippen LogP contribution in [-0.2, 0) is 9.47 Å². The van der Waals surface area contributed by atoms with Crippen molar-refractivity contribution in [2.45, 2.75) is 66.2 Å². The van der Waals surface area contributed by atoms with E-state index >= 15 is 0 Å². The zero-order valence-corrected chi connectivity index (χ0v) is 11.9. The Labute approximate surface area is 103 Å². The van der Waals surface area contributed by atoms with Crippen LogP contribution in [0.3, 0.4) is 0 Å². The van der Waals surface area contributed by atoms with Gasteiger partial charge in [0.15, 0.2) is 0 Å². The van der Waals surface area contributed by atoms with Crippen LogP contribution in [0.4, 0.5) is 0 Å². The summed E-state index contributed by atoms with van der Waals surface area (Å²) in [7, 11) is 0. The van der Waals surface area contributed by atoms with Gasteiger partial charge in [-0.3, -0.25) is 0 Å². The second-order valence-electron chi connectivity index (χ2n) is 3.81. The lowest BCUT2D eigenvalue weighted by atomic mass is 10.2. The van der Waals surface area contributed by atoms with Crippen molar-refractivity contribution in [2.75, 3.05) is 26.4 Å². The van der Waals surface area contributed by atoms with Crippen LogP contribution in [0.2, 0.25) is 0 Å². The highest BCUT2D eigenvalue weighted by Gasteiger charge is 1.88. The molecule has 0 aliphatic carbocycles. The molecule has 2 heteroatoms. The minimum atomic E-state index is 0.844. The topological polar surface area (TPSA) is 18.5 Å². The van der Waals surface area contributed by atoms with E-state index in [2.05, 4.69) is 13.8 Å². The molecule has 0 aromatic heterocycles. The highest BCUT2D eigenvalue weighted by Crippen LogP contribution is 1.97. The van der Waals surface area contributed by atoms with Crippen molar-refractivity contribution in [3.8, 4) is 0 Å². The largest absolute Gasteiger partial charge is 0.382 e. The van der Waals surface area contributed by atoms with Gasteiger partial charge in [0.25, 0.3) is 0 Å². The Hall–Kier alpha value is -0.0800. The van der Waals surface area contributed by atoms with Crippen molar-refractivity contribution in [3.05, 3.63) is 0 Å². The first-order valence-electron chi connectivity index (χ1n) is 6.98. The van der Waals surface area contributed by atoms with Crippen molar-refractivity contribution < 1.29 is 9.47 Å². The molecular formula is C14H32O2. The van der Waals surface area contributed by atoms with E-state index in [-0.39, 0.29) is 0 Å². The van der Waals surface area contributed by atoms with Gasteiger partial charge in [-0.15, -0.1) is 0 Å². The first kappa shape index (κ1) is 18.3. The Kier molecular flexibility index (Phi) is 23.3. The smallest absolute Gasteiger partial charge is 0.0466 e. The van der Waals surface area contributed by atoms with Crippen molar-refractivity contribution in [2.24, 2.45) is 0 Å². The van der Waals surface area contributed by atoms with Crippen LogP contribution >= 0.6 is 0 Å². The predicted octanol–water partition coefficient (Wildman–Crippen LogP) is 4.43. The second kappa shape index (κ2) is 20.3. The SMILES string of the molecule is CCCCCOCCCCC.CCOCC. The summed E-state index contributed by atoms with van der Waals surface area (Å²) in [6, 6.07) is 0. The first-order valence-corrected chi connectivity index (χ1v) is 6.98. The fourth-order valence-corrected chi connectivity index (χ4v) is 1.21. The molecule has 0 radical (unpaired) electrons. The van der Waals surface area contributed by atoms with E-state index in [1.807, 2.05) is 13.8 Å². The lowest BCUT2D eigenvalue weighted by Gasteiger charge is -2.01. The molecule has 0 aliphatic heterocycles. The molecule has 0 bridgehead atoms. The van der Waals surface area contributed by atoms with Crippen molar-refractivity contribution in [3.63, 3.8) is 0 Å². The molecule has 16 heavy (non-hydrogen) atoms. The molecule has 2 nitrogen and oxygen atoms in total. The fraction of sp³-hybridized carbons (Fsp3) is 1.00. The van der Waals surface area contributed by atoms with E-state index in [1.165, 1.54) is 38.5 Å². The summed E-state index contributed by atoms with van der Waals surface area (Å²) in [4.78, 5) is 0. The van der Waals surface area contributed by atoms with E-state index < -0.39 is 0 Å². The Morgan fingerprint density at radius 1 is 0.562 bits per heavy atom. The predicted molar refractivity (Wildman–Crippen MR) is 72.0 cm³/mol. The van der Waals surface area contributed by atoms with Crippen molar-refractivity contribution in [1.82, 2.24) is 0 Å². The number of ether oxygens (including phenoxy) is 2. The molecule has 0 amide bonds. The molecule has 0 saturated heterocycles. The van der Waals surface area contributed by atoms with E-state index in [9.17, 15) is 0 Å². The molecule has 0 spiro atoms. The molecule has 0 atom stereocenters. The van der Waals surface area contributed by atoms with Crippen LogP contribution in [0.25, 0.3) is 0 Å². The Morgan fingerprint density at radius 2 is 1.00 bits per heavy atom. The number of rotatable bonds is 10. The zero-order valence-electron chi connectivity index (χ0n) is 11.9. The summed E-state index contributed by atoms with van der Waals surface area (Å²) < 4.78 is 10.3. The molecule has 0 unspecified atom stereocenters. The van der Waals surface area contributed by atoms with E-state index in [4.69, 9.17) is 9.47 Å². The van der Waals surface area contributed by atoms with Gasteiger partial charge in [-0.25, -0.2) is 0 Å². The second-order valence-corrected chi connectivity index (χ2v) is 3.81. The maximum absolute atomic E-state index is 5.44. The lowest BCUT2D eigenvalue weighted by molar-refractivity contribution is 0.126. The van der Waals surface area contributed by atoms with Crippen LogP contribution in [0.1, 0.15) is 66.2 Å². The molecule has 0 aliphatic rings. The van der Waals surface area contributed by atoms with Gasteiger partial charge < -0.3 is 9.47 Å². The maximum atomic E-state index is 5.44. The molecule has 100 valence electrons. The molecule has 0 N–H and O–H groups in total. The van der Waals surface area contributed by atoms with Gasteiger partial charge in [0, 0.05) is 26.4 Å². The van der Waals surface area contributed by atoms with Gasteiger partial charge in [-0.05, 0) is 26.7 Å².